The lowest BCUT2D eigenvalue weighted by molar-refractivity contribution is 0.0742. The molecule has 1 saturated heterocycles. The van der Waals surface area contributed by atoms with E-state index in [1.165, 1.54) is 0 Å². The number of aryl methyl sites for hydroxylation is 1. The molecular weight excluding hydrogens is 376 g/mol. The van der Waals surface area contributed by atoms with Crippen LogP contribution >= 0.6 is 0 Å². The zero-order chi connectivity index (χ0) is 21.1. The molecule has 0 aromatic heterocycles. The maximum Gasteiger partial charge on any atom is 0.254 e. The van der Waals surface area contributed by atoms with Crippen LogP contribution in [0.2, 0.25) is 0 Å². The molecule has 30 heavy (non-hydrogen) atoms. The summed E-state index contributed by atoms with van der Waals surface area (Å²) in [5, 5.41) is 10.1. The number of phenols is 1. The van der Waals surface area contributed by atoms with Crippen LogP contribution in [0.4, 0.5) is 5.69 Å². The Balaban J connectivity index is 1.51. The van der Waals surface area contributed by atoms with Gasteiger partial charge in [0.25, 0.3) is 5.91 Å². The molecule has 5 heteroatoms. The molecule has 1 N–H and O–H groups in total. The monoisotopic (exact) mass is 400 g/mol. The topological polar surface area (TPSA) is 60.9 Å². The van der Waals surface area contributed by atoms with E-state index in [0.29, 0.717) is 42.9 Å². The first-order chi connectivity index (χ1) is 14.5. The molecule has 0 spiro atoms. The van der Waals surface area contributed by atoms with Crippen LogP contribution in [0.5, 0.6) is 5.75 Å². The molecule has 0 saturated carbocycles. The third kappa shape index (κ3) is 3.92. The van der Waals surface area contributed by atoms with Crippen LogP contribution in [0.3, 0.4) is 0 Å². The van der Waals surface area contributed by atoms with Crippen molar-refractivity contribution in [2.75, 3.05) is 31.1 Å². The first-order valence-electron chi connectivity index (χ1n) is 10.1. The molecule has 3 aromatic rings. The van der Waals surface area contributed by atoms with Gasteiger partial charge in [-0.2, -0.15) is 0 Å². The van der Waals surface area contributed by atoms with Gasteiger partial charge in [-0.1, -0.05) is 60.2 Å². The minimum atomic E-state index is -0.146. The molecule has 5 nitrogen and oxygen atoms in total. The summed E-state index contributed by atoms with van der Waals surface area (Å²) in [5.74, 6) is -0.0406. The predicted octanol–water partition coefficient (Wildman–Crippen LogP) is 3.89. The minimum absolute atomic E-state index is 0.136. The molecule has 1 amide bonds. The standard InChI is InChI=1S/C25H24N2O3/c1-18-10-12-19(13-11-18)24(29)20-6-2-3-7-21(20)25(30)27-16-14-26(15-17-27)22-8-4-5-9-23(22)28/h2-13,28H,14-17H2,1H3. The lowest BCUT2D eigenvalue weighted by Crippen LogP contribution is -2.49. The number of carbonyl (C=O) groups excluding carboxylic acids is 2. The Bertz CT molecular complexity index is 1070. The molecule has 1 aliphatic rings. The van der Waals surface area contributed by atoms with Crippen LogP contribution in [0.25, 0.3) is 0 Å². The summed E-state index contributed by atoms with van der Waals surface area (Å²) in [4.78, 5) is 30.1. The zero-order valence-electron chi connectivity index (χ0n) is 16.9. The number of amides is 1. The number of anilines is 1. The van der Waals surface area contributed by atoms with Gasteiger partial charge in [-0.25, -0.2) is 0 Å². The highest BCUT2D eigenvalue weighted by molar-refractivity contribution is 6.15. The van der Waals surface area contributed by atoms with Crippen molar-refractivity contribution >= 4 is 17.4 Å². The van der Waals surface area contributed by atoms with Crippen LogP contribution < -0.4 is 4.90 Å². The Kier molecular flexibility index (Phi) is 5.53. The largest absolute Gasteiger partial charge is 0.506 e. The number of hydrogen-bond acceptors (Lipinski definition) is 4. The van der Waals surface area contributed by atoms with Crippen LogP contribution in [-0.4, -0.2) is 47.9 Å². The zero-order valence-corrected chi connectivity index (χ0v) is 16.9. The van der Waals surface area contributed by atoms with Gasteiger partial charge in [0, 0.05) is 37.3 Å². The van der Waals surface area contributed by atoms with E-state index in [4.69, 9.17) is 0 Å². The molecule has 152 valence electrons. The van der Waals surface area contributed by atoms with Crippen molar-refractivity contribution in [3.63, 3.8) is 0 Å². The number of nitrogens with zero attached hydrogens (tertiary/aromatic N) is 2. The number of phenolic OH excluding ortho intramolecular Hbond substituents is 1. The van der Waals surface area contributed by atoms with Crippen molar-refractivity contribution < 1.29 is 14.7 Å². The smallest absolute Gasteiger partial charge is 0.254 e. The SMILES string of the molecule is Cc1ccc(C(=O)c2ccccc2C(=O)N2CCN(c3ccccc3O)CC2)cc1. The van der Waals surface area contributed by atoms with Crippen LogP contribution in [0, 0.1) is 6.92 Å². The maximum atomic E-state index is 13.2. The van der Waals surface area contributed by atoms with Crippen molar-refractivity contribution in [3.05, 3.63) is 95.1 Å². The summed E-state index contributed by atoms with van der Waals surface area (Å²) in [6.45, 7) is 4.27. The molecular formula is C25H24N2O3. The summed E-state index contributed by atoms with van der Waals surface area (Å²) in [6.07, 6.45) is 0. The fourth-order valence-electron chi connectivity index (χ4n) is 3.78. The second-order valence-corrected chi connectivity index (χ2v) is 7.51. The van der Waals surface area contributed by atoms with Gasteiger partial charge in [0.2, 0.25) is 0 Å². The van der Waals surface area contributed by atoms with Crippen LogP contribution in [-0.2, 0) is 0 Å². The molecule has 1 fully saturated rings. The van der Waals surface area contributed by atoms with Crippen molar-refractivity contribution in [3.8, 4) is 5.75 Å². The average Bonchev–Trinajstić information content (AvgIpc) is 2.79. The highest BCUT2D eigenvalue weighted by Gasteiger charge is 2.26. The Morgan fingerprint density at radius 2 is 1.37 bits per heavy atom. The normalized spacial score (nSPS) is 13.9. The first-order valence-corrected chi connectivity index (χ1v) is 10.1. The van der Waals surface area contributed by atoms with Gasteiger partial charge in [-0.15, -0.1) is 0 Å². The quantitative estimate of drug-likeness (QED) is 0.675. The number of aromatic hydroxyl groups is 1. The van der Waals surface area contributed by atoms with Crippen molar-refractivity contribution in [2.45, 2.75) is 6.92 Å². The molecule has 1 aliphatic heterocycles. The van der Waals surface area contributed by atoms with Gasteiger partial charge in [-0.3, -0.25) is 9.59 Å². The molecule has 0 bridgehead atoms. The predicted molar refractivity (Wildman–Crippen MR) is 117 cm³/mol. The number of ketones is 1. The number of hydrogen-bond donors (Lipinski definition) is 1. The van der Waals surface area contributed by atoms with Crippen molar-refractivity contribution in [2.24, 2.45) is 0 Å². The third-order valence-electron chi connectivity index (χ3n) is 5.51. The third-order valence-corrected chi connectivity index (χ3v) is 5.51. The summed E-state index contributed by atoms with van der Waals surface area (Å²) in [6, 6.07) is 21.6. The molecule has 3 aromatic carbocycles. The van der Waals surface area contributed by atoms with E-state index in [2.05, 4.69) is 4.90 Å². The van der Waals surface area contributed by atoms with Gasteiger partial charge in [0.05, 0.1) is 11.3 Å². The minimum Gasteiger partial charge on any atom is -0.506 e. The molecule has 0 aliphatic carbocycles. The van der Waals surface area contributed by atoms with Gasteiger partial charge in [0.1, 0.15) is 5.75 Å². The molecule has 0 radical (unpaired) electrons. The van der Waals surface area contributed by atoms with E-state index in [0.717, 1.165) is 11.3 Å². The second kappa shape index (κ2) is 8.41. The highest BCUT2D eigenvalue weighted by Crippen LogP contribution is 2.27. The fraction of sp³-hybridized carbons (Fsp3) is 0.200. The summed E-state index contributed by atoms with van der Waals surface area (Å²) in [5.41, 5.74) is 3.29. The molecule has 0 atom stereocenters. The fourth-order valence-corrected chi connectivity index (χ4v) is 3.78. The Morgan fingerprint density at radius 3 is 2.03 bits per heavy atom. The Morgan fingerprint density at radius 1 is 0.767 bits per heavy atom. The van der Waals surface area contributed by atoms with Crippen LogP contribution in [0.1, 0.15) is 31.8 Å². The van der Waals surface area contributed by atoms with Crippen molar-refractivity contribution in [1.82, 2.24) is 4.90 Å². The number of carbonyl (C=O) groups is 2. The molecule has 0 unspecified atom stereocenters. The van der Waals surface area contributed by atoms with Gasteiger partial charge < -0.3 is 14.9 Å². The van der Waals surface area contributed by atoms with Gasteiger partial charge in [0.15, 0.2) is 5.78 Å². The molecule has 4 rings (SSSR count). The Hall–Kier alpha value is -3.60. The van der Waals surface area contributed by atoms with E-state index >= 15 is 0 Å². The highest BCUT2D eigenvalue weighted by atomic mass is 16.3. The second-order valence-electron chi connectivity index (χ2n) is 7.51. The number of piperazine rings is 1. The van der Waals surface area contributed by atoms with Crippen molar-refractivity contribution in [1.29, 1.82) is 0 Å². The van der Waals surface area contributed by atoms with E-state index in [1.54, 1.807) is 53.4 Å². The van der Waals surface area contributed by atoms with E-state index in [9.17, 15) is 14.7 Å². The number of para-hydroxylation sites is 2. The number of rotatable bonds is 4. The maximum absolute atomic E-state index is 13.2. The Labute approximate surface area is 176 Å². The van der Waals surface area contributed by atoms with E-state index < -0.39 is 0 Å². The number of benzene rings is 3. The summed E-state index contributed by atoms with van der Waals surface area (Å²) < 4.78 is 0. The van der Waals surface area contributed by atoms with Gasteiger partial charge in [-0.05, 0) is 25.1 Å². The first kappa shape index (κ1) is 19.7. The summed E-state index contributed by atoms with van der Waals surface area (Å²) >= 11 is 0. The average molecular weight is 400 g/mol. The van der Waals surface area contributed by atoms with E-state index in [1.807, 2.05) is 31.2 Å². The van der Waals surface area contributed by atoms with Gasteiger partial charge >= 0.3 is 0 Å². The molecule has 1 heterocycles. The van der Waals surface area contributed by atoms with E-state index in [-0.39, 0.29) is 17.4 Å². The lowest BCUT2D eigenvalue weighted by atomic mass is 9.97. The lowest BCUT2D eigenvalue weighted by Gasteiger charge is -2.36. The summed E-state index contributed by atoms with van der Waals surface area (Å²) in [7, 11) is 0. The van der Waals surface area contributed by atoms with Crippen LogP contribution in [0.15, 0.2) is 72.8 Å².